The zero-order chi connectivity index (χ0) is 14.6. The molecule has 2 aromatic carbocycles. The molecule has 0 aliphatic heterocycles. The first-order valence-electron chi connectivity index (χ1n) is 7.11. The van der Waals surface area contributed by atoms with E-state index in [0.717, 1.165) is 35.3 Å². The van der Waals surface area contributed by atoms with Crippen molar-refractivity contribution in [2.24, 2.45) is 0 Å². The van der Waals surface area contributed by atoms with Gasteiger partial charge in [-0.1, -0.05) is 6.07 Å². The van der Waals surface area contributed by atoms with Gasteiger partial charge in [-0.2, -0.15) is 0 Å². The van der Waals surface area contributed by atoms with Crippen LogP contribution in [-0.4, -0.2) is 14.7 Å². The summed E-state index contributed by atoms with van der Waals surface area (Å²) in [5.41, 5.74) is 3.15. The van der Waals surface area contributed by atoms with Gasteiger partial charge in [0.15, 0.2) is 5.82 Å². The number of halogens is 1. The number of aryl methyl sites for hydroxylation is 1. The molecule has 21 heavy (non-hydrogen) atoms. The van der Waals surface area contributed by atoms with Crippen LogP contribution in [0, 0.1) is 12.7 Å². The van der Waals surface area contributed by atoms with Crippen molar-refractivity contribution >= 4 is 11.0 Å². The summed E-state index contributed by atoms with van der Waals surface area (Å²) in [6, 6.07) is 10.7. The summed E-state index contributed by atoms with van der Waals surface area (Å²) in [7, 11) is 0. The predicted octanol–water partition coefficient (Wildman–Crippen LogP) is 4.19. The molecule has 1 fully saturated rings. The normalized spacial score (nSPS) is 14.8. The summed E-state index contributed by atoms with van der Waals surface area (Å²) in [4.78, 5) is 4.54. The Morgan fingerprint density at radius 2 is 2.05 bits per heavy atom. The first-order chi connectivity index (χ1) is 10.1. The van der Waals surface area contributed by atoms with Gasteiger partial charge in [-0.05, 0) is 55.7 Å². The van der Waals surface area contributed by atoms with Crippen LogP contribution in [-0.2, 0) is 0 Å². The maximum atomic E-state index is 14.0. The molecule has 0 radical (unpaired) electrons. The minimum Gasteiger partial charge on any atom is -0.508 e. The molecule has 0 spiro atoms. The number of benzene rings is 2. The Kier molecular flexibility index (Phi) is 2.55. The molecule has 4 rings (SSSR count). The fraction of sp³-hybridized carbons (Fsp3) is 0.235. The Bertz CT molecular complexity index is 849. The van der Waals surface area contributed by atoms with Crippen molar-refractivity contribution < 1.29 is 9.50 Å². The summed E-state index contributed by atoms with van der Waals surface area (Å²) >= 11 is 0. The highest BCUT2D eigenvalue weighted by atomic mass is 19.1. The van der Waals surface area contributed by atoms with E-state index in [1.54, 1.807) is 18.2 Å². The molecule has 1 aliphatic carbocycles. The van der Waals surface area contributed by atoms with Gasteiger partial charge in [0, 0.05) is 11.6 Å². The van der Waals surface area contributed by atoms with Gasteiger partial charge in [0.25, 0.3) is 0 Å². The average molecular weight is 282 g/mol. The van der Waals surface area contributed by atoms with Crippen molar-refractivity contribution in [3.8, 4) is 17.1 Å². The Hall–Kier alpha value is -2.36. The molecule has 1 saturated carbocycles. The van der Waals surface area contributed by atoms with Gasteiger partial charge >= 0.3 is 0 Å². The van der Waals surface area contributed by atoms with Crippen LogP contribution < -0.4 is 0 Å². The van der Waals surface area contributed by atoms with E-state index in [9.17, 15) is 9.50 Å². The zero-order valence-electron chi connectivity index (χ0n) is 11.7. The van der Waals surface area contributed by atoms with Gasteiger partial charge in [0.1, 0.15) is 17.1 Å². The first kappa shape index (κ1) is 12.4. The fourth-order valence-corrected chi connectivity index (χ4v) is 2.87. The van der Waals surface area contributed by atoms with E-state index in [4.69, 9.17) is 0 Å². The lowest BCUT2D eigenvalue weighted by molar-refractivity contribution is 0.475. The Morgan fingerprint density at radius 3 is 2.76 bits per heavy atom. The van der Waals surface area contributed by atoms with Gasteiger partial charge < -0.3 is 9.67 Å². The standard InChI is InChI=1S/C17H15FN2O/c1-10-9-12(21)7-8-13(10)17-19-16-14(18)3-2-4-15(16)20(17)11-5-6-11/h2-4,7-9,11,21H,5-6H2,1H3. The van der Waals surface area contributed by atoms with Gasteiger partial charge in [-0.25, -0.2) is 9.37 Å². The number of hydrogen-bond donors (Lipinski definition) is 1. The predicted molar refractivity (Wildman–Crippen MR) is 79.8 cm³/mol. The van der Waals surface area contributed by atoms with Crippen LogP contribution in [0.5, 0.6) is 5.75 Å². The third kappa shape index (κ3) is 1.90. The second-order valence-corrected chi connectivity index (χ2v) is 5.64. The SMILES string of the molecule is Cc1cc(O)ccc1-c1nc2c(F)cccc2n1C1CC1. The highest BCUT2D eigenvalue weighted by molar-refractivity contribution is 5.82. The molecule has 1 N–H and O–H groups in total. The minimum atomic E-state index is -0.287. The Morgan fingerprint density at radius 1 is 1.24 bits per heavy atom. The number of aromatic hydroxyl groups is 1. The smallest absolute Gasteiger partial charge is 0.151 e. The van der Waals surface area contributed by atoms with Crippen LogP contribution in [0.4, 0.5) is 4.39 Å². The number of fused-ring (bicyclic) bond motifs is 1. The number of phenolic OH excluding ortho intramolecular Hbond substituents is 1. The first-order valence-corrected chi connectivity index (χ1v) is 7.11. The van der Waals surface area contributed by atoms with Crippen LogP contribution in [0.2, 0.25) is 0 Å². The summed E-state index contributed by atoms with van der Waals surface area (Å²) in [6.07, 6.45) is 2.21. The largest absolute Gasteiger partial charge is 0.508 e. The third-order valence-corrected chi connectivity index (χ3v) is 4.03. The van der Waals surface area contributed by atoms with E-state index in [1.807, 2.05) is 19.1 Å². The maximum Gasteiger partial charge on any atom is 0.151 e. The number of phenols is 1. The zero-order valence-corrected chi connectivity index (χ0v) is 11.7. The summed E-state index contributed by atoms with van der Waals surface area (Å²) in [6.45, 7) is 1.93. The molecule has 0 saturated heterocycles. The quantitative estimate of drug-likeness (QED) is 0.765. The van der Waals surface area contributed by atoms with Crippen molar-refractivity contribution in [3.63, 3.8) is 0 Å². The lowest BCUT2D eigenvalue weighted by atomic mass is 10.1. The molecule has 106 valence electrons. The van der Waals surface area contributed by atoms with Crippen LogP contribution in [0.3, 0.4) is 0 Å². The fourth-order valence-electron chi connectivity index (χ4n) is 2.87. The number of nitrogens with zero attached hydrogens (tertiary/aromatic N) is 2. The monoisotopic (exact) mass is 282 g/mol. The van der Waals surface area contributed by atoms with E-state index in [2.05, 4.69) is 9.55 Å². The van der Waals surface area contributed by atoms with Crippen LogP contribution in [0.1, 0.15) is 24.4 Å². The topological polar surface area (TPSA) is 38.1 Å². The highest BCUT2D eigenvalue weighted by Gasteiger charge is 2.29. The third-order valence-electron chi connectivity index (χ3n) is 4.03. The number of para-hydroxylation sites is 1. The molecule has 0 unspecified atom stereocenters. The lowest BCUT2D eigenvalue weighted by Crippen LogP contribution is -1.98. The Labute approximate surface area is 121 Å². The van der Waals surface area contributed by atoms with E-state index in [0.29, 0.717) is 11.6 Å². The molecule has 3 aromatic rings. The van der Waals surface area contributed by atoms with Crippen molar-refractivity contribution in [1.29, 1.82) is 0 Å². The maximum absolute atomic E-state index is 14.0. The number of rotatable bonds is 2. The van der Waals surface area contributed by atoms with Crippen LogP contribution in [0.15, 0.2) is 36.4 Å². The van der Waals surface area contributed by atoms with Crippen molar-refractivity contribution in [2.45, 2.75) is 25.8 Å². The van der Waals surface area contributed by atoms with Gasteiger partial charge in [-0.15, -0.1) is 0 Å². The van der Waals surface area contributed by atoms with E-state index in [1.165, 1.54) is 6.07 Å². The number of aromatic nitrogens is 2. The van der Waals surface area contributed by atoms with Crippen molar-refractivity contribution in [2.75, 3.05) is 0 Å². The number of imidazole rings is 1. The minimum absolute atomic E-state index is 0.233. The lowest BCUT2D eigenvalue weighted by Gasteiger charge is -2.10. The van der Waals surface area contributed by atoms with E-state index in [-0.39, 0.29) is 11.6 Å². The molecule has 1 aromatic heterocycles. The molecular formula is C17H15FN2O. The molecular weight excluding hydrogens is 267 g/mol. The van der Waals surface area contributed by atoms with Gasteiger partial charge in [-0.3, -0.25) is 0 Å². The molecule has 1 heterocycles. The van der Waals surface area contributed by atoms with E-state index < -0.39 is 0 Å². The van der Waals surface area contributed by atoms with E-state index >= 15 is 0 Å². The van der Waals surface area contributed by atoms with Gasteiger partial charge in [0.05, 0.1) is 5.52 Å². The highest BCUT2D eigenvalue weighted by Crippen LogP contribution is 2.42. The summed E-state index contributed by atoms with van der Waals surface area (Å²) in [5, 5.41) is 9.57. The van der Waals surface area contributed by atoms with Crippen molar-refractivity contribution in [3.05, 3.63) is 47.8 Å². The van der Waals surface area contributed by atoms with Crippen LogP contribution >= 0.6 is 0 Å². The second-order valence-electron chi connectivity index (χ2n) is 5.64. The Balaban J connectivity index is 2.03. The number of hydrogen-bond acceptors (Lipinski definition) is 2. The average Bonchev–Trinajstić information content (AvgIpc) is 3.20. The molecule has 4 heteroatoms. The molecule has 1 aliphatic rings. The second kappa shape index (κ2) is 4.32. The molecule has 0 amide bonds. The summed E-state index contributed by atoms with van der Waals surface area (Å²) < 4.78 is 16.2. The van der Waals surface area contributed by atoms with Gasteiger partial charge in [0.2, 0.25) is 0 Å². The molecule has 3 nitrogen and oxygen atoms in total. The molecule has 0 bridgehead atoms. The summed E-state index contributed by atoms with van der Waals surface area (Å²) in [5.74, 6) is 0.733. The molecule has 0 atom stereocenters. The van der Waals surface area contributed by atoms with Crippen LogP contribution in [0.25, 0.3) is 22.4 Å². The van der Waals surface area contributed by atoms with Crippen molar-refractivity contribution in [1.82, 2.24) is 9.55 Å².